The fourth-order valence-corrected chi connectivity index (χ4v) is 13.4. The number of nitrogens with zero attached hydrogens (tertiary/aromatic N) is 1. The van der Waals surface area contributed by atoms with E-state index in [9.17, 15) is 0 Å². The van der Waals surface area contributed by atoms with E-state index in [2.05, 4.69) is 178 Å². The topological polar surface area (TPSA) is 3.24 Å². The highest BCUT2D eigenvalue weighted by Crippen LogP contribution is 2.57. The second kappa shape index (κ2) is 12.0. The summed E-state index contributed by atoms with van der Waals surface area (Å²) < 4.78 is 4.23. The highest BCUT2D eigenvalue weighted by Gasteiger charge is 2.43. The minimum Gasteiger partial charge on any atom is -0.334 e. The van der Waals surface area contributed by atoms with Crippen molar-refractivity contribution < 1.29 is 0 Å². The molecule has 8 aromatic rings. The molecule has 3 heteroatoms. The smallest absolute Gasteiger partial charge is 0.0563 e. The van der Waals surface area contributed by atoms with E-state index in [1.165, 1.54) is 96.6 Å². The molecule has 0 aliphatic heterocycles. The maximum absolute atomic E-state index is 2.63. The van der Waals surface area contributed by atoms with Crippen LogP contribution in [-0.2, 0) is 17.3 Å². The van der Waals surface area contributed by atoms with Crippen molar-refractivity contribution in [3.05, 3.63) is 178 Å². The third kappa shape index (κ3) is 4.73. The number of allylic oxidation sites excluding steroid dienone is 3. The monoisotopic (exact) mass is 769 g/mol. The molecule has 1 atom stereocenters. The van der Waals surface area contributed by atoms with Crippen LogP contribution in [-0.4, -0.2) is 6.04 Å². The van der Waals surface area contributed by atoms with Gasteiger partial charge in [0.2, 0.25) is 0 Å². The molecule has 276 valence electrons. The van der Waals surface area contributed by atoms with Crippen LogP contribution in [0.4, 0.5) is 11.4 Å². The van der Waals surface area contributed by atoms with Gasteiger partial charge in [-0.2, -0.15) is 0 Å². The summed E-state index contributed by atoms with van der Waals surface area (Å²) in [6.07, 6.45) is 12.9. The number of benzene rings is 6. The van der Waals surface area contributed by atoms with Gasteiger partial charge in [0.25, 0.3) is 0 Å². The van der Waals surface area contributed by atoms with E-state index in [4.69, 9.17) is 0 Å². The number of hydrogen-bond acceptors (Lipinski definition) is 3. The van der Waals surface area contributed by atoms with Gasteiger partial charge < -0.3 is 4.90 Å². The standard InChI is InChI=1S/C54H43NS2/c1-53(2)43-28-26-40-38-14-8-10-16-46(38)57-52(40)49(43)41-25-23-36(31-45(41)53)55(34-20-18-33(19-21-34)32-12-6-5-7-13-32)35-22-24-37-39-27-29-48-50(42-15-9-11-17-47(42)56-48)51(39)54(3,4)44(37)30-35/h5-8,10-14,16-30,36H,9,15,31H2,1-4H3. The minimum atomic E-state index is -0.123. The predicted molar refractivity (Wildman–Crippen MR) is 248 cm³/mol. The van der Waals surface area contributed by atoms with E-state index >= 15 is 0 Å². The molecule has 4 aliphatic carbocycles. The Bertz CT molecular complexity index is 3090. The van der Waals surface area contributed by atoms with Gasteiger partial charge in [-0.3, -0.25) is 0 Å². The van der Waals surface area contributed by atoms with E-state index in [0.29, 0.717) is 0 Å². The Morgan fingerprint density at radius 1 is 0.632 bits per heavy atom. The molecule has 0 amide bonds. The second-order valence-corrected chi connectivity index (χ2v) is 19.6. The maximum atomic E-state index is 2.63. The van der Waals surface area contributed by atoms with Gasteiger partial charge in [-0.25, -0.2) is 0 Å². The average Bonchev–Trinajstić information content (AvgIpc) is 3.94. The summed E-state index contributed by atoms with van der Waals surface area (Å²) in [4.78, 5) is 4.08. The molecule has 4 aliphatic rings. The lowest BCUT2D eigenvalue weighted by Gasteiger charge is -2.37. The van der Waals surface area contributed by atoms with Gasteiger partial charge in [0.05, 0.1) is 6.04 Å². The SMILES string of the molecule is CC1(C)C2=C(C=CC(N(c3ccc(-c4ccccc4)cc3)c3ccc4c(c3)C(C)(C)c3c-4ccc4sc5c(c34)CCC=C5)C2)c2c1ccc1c2sc2ccccc21. The summed E-state index contributed by atoms with van der Waals surface area (Å²) in [5, 5.41) is 4.26. The summed E-state index contributed by atoms with van der Waals surface area (Å²) in [6.45, 7) is 9.84. The van der Waals surface area contributed by atoms with Crippen molar-refractivity contribution in [2.24, 2.45) is 0 Å². The van der Waals surface area contributed by atoms with Crippen molar-refractivity contribution in [2.45, 2.75) is 63.8 Å². The van der Waals surface area contributed by atoms with Gasteiger partial charge >= 0.3 is 0 Å². The zero-order chi connectivity index (χ0) is 38.2. The van der Waals surface area contributed by atoms with Gasteiger partial charge in [-0.05, 0) is 117 Å². The molecule has 1 unspecified atom stereocenters. The Labute approximate surface area is 342 Å². The first kappa shape index (κ1) is 33.6. The summed E-state index contributed by atoms with van der Waals surface area (Å²) >= 11 is 3.92. The van der Waals surface area contributed by atoms with Crippen LogP contribution < -0.4 is 4.90 Å². The zero-order valence-electron chi connectivity index (χ0n) is 32.8. The molecule has 2 heterocycles. The van der Waals surface area contributed by atoms with E-state index in [1.807, 2.05) is 22.7 Å². The number of anilines is 2. The van der Waals surface area contributed by atoms with E-state index in [-0.39, 0.29) is 16.9 Å². The van der Waals surface area contributed by atoms with Crippen LogP contribution in [0.5, 0.6) is 0 Å². The number of hydrogen-bond donors (Lipinski definition) is 0. The van der Waals surface area contributed by atoms with Crippen LogP contribution in [0.3, 0.4) is 0 Å². The Balaban J connectivity index is 0.993. The summed E-state index contributed by atoms with van der Waals surface area (Å²) in [5.74, 6) is 0. The van der Waals surface area contributed by atoms with Crippen LogP contribution in [0.25, 0.3) is 64.2 Å². The molecule has 0 fully saturated rings. The Kier molecular flexibility index (Phi) is 7.09. The van der Waals surface area contributed by atoms with Crippen LogP contribution in [0.1, 0.15) is 73.2 Å². The molecule has 0 spiro atoms. The molecule has 2 aromatic heterocycles. The molecule has 57 heavy (non-hydrogen) atoms. The third-order valence-electron chi connectivity index (χ3n) is 13.7. The van der Waals surface area contributed by atoms with Crippen molar-refractivity contribution in [3.63, 3.8) is 0 Å². The highest BCUT2D eigenvalue weighted by molar-refractivity contribution is 7.26. The Morgan fingerprint density at radius 3 is 2.26 bits per heavy atom. The average molecular weight is 770 g/mol. The fourth-order valence-electron chi connectivity index (χ4n) is 10.9. The van der Waals surface area contributed by atoms with Crippen molar-refractivity contribution in [1.82, 2.24) is 0 Å². The van der Waals surface area contributed by atoms with Crippen LogP contribution in [0, 0.1) is 0 Å². The van der Waals surface area contributed by atoms with Crippen LogP contribution in [0.15, 0.2) is 145 Å². The number of aryl methyl sites for hydroxylation is 1. The van der Waals surface area contributed by atoms with Gasteiger partial charge in [0, 0.05) is 62.9 Å². The van der Waals surface area contributed by atoms with Crippen molar-refractivity contribution in [3.8, 4) is 22.3 Å². The first-order chi connectivity index (χ1) is 27.8. The summed E-state index contributed by atoms with van der Waals surface area (Å²) in [6, 6.07) is 46.1. The number of rotatable bonds is 4. The molecule has 12 rings (SSSR count). The van der Waals surface area contributed by atoms with E-state index in [0.717, 1.165) is 19.3 Å². The Morgan fingerprint density at radius 2 is 1.40 bits per heavy atom. The predicted octanol–water partition coefficient (Wildman–Crippen LogP) is 15.4. The molecule has 1 nitrogen and oxygen atoms in total. The van der Waals surface area contributed by atoms with E-state index < -0.39 is 0 Å². The van der Waals surface area contributed by atoms with Crippen LogP contribution in [0.2, 0.25) is 0 Å². The van der Waals surface area contributed by atoms with Crippen molar-refractivity contribution >= 4 is 76.0 Å². The first-order valence-electron chi connectivity index (χ1n) is 20.5. The lowest BCUT2D eigenvalue weighted by atomic mass is 9.77. The third-order valence-corrected chi connectivity index (χ3v) is 16.1. The molecule has 0 saturated heterocycles. The lowest BCUT2D eigenvalue weighted by Crippen LogP contribution is -2.33. The largest absolute Gasteiger partial charge is 0.334 e. The van der Waals surface area contributed by atoms with Crippen molar-refractivity contribution in [2.75, 3.05) is 4.90 Å². The maximum Gasteiger partial charge on any atom is 0.0563 e. The first-order valence-corrected chi connectivity index (χ1v) is 22.1. The minimum absolute atomic E-state index is 0.0668. The van der Waals surface area contributed by atoms with Gasteiger partial charge in [-0.1, -0.05) is 131 Å². The number of thiophene rings is 2. The molecule has 0 saturated carbocycles. The number of fused-ring (bicyclic) bond motifs is 13. The summed E-state index contributed by atoms with van der Waals surface area (Å²) in [5.41, 5.74) is 18.0. The van der Waals surface area contributed by atoms with Gasteiger partial charge in [-0.15, -0.1) is 22.7 Å². The van der Waals surface area contributed by atoms with E-state index in [1.54, 1.807) is 11.1 Å². The van der Waals surface area contributed by atoms with Gasteiger partial charge in [0.15, 0.2) is 0 Å². The molecule has 0 N–H and O–H groups in total. The highest BCUT2D eigenvalue weighted by atomic mass is 32.1. The molecule has 6 aromatic carbocycles. The zero-order valence-corrected chi connectivity index (χ0v) is 34.5. The molecule has 0 bridgehead atoms. The quantitative estimate of drug-likeness (QED) is 0.172. The normalized spacial score (nSPS) is 18.2. The summed E-state index contributed by atoms with van der Waals surface area (Å²) in [7, 11) is 0. The lowest BCUT2D eigenvalue weighted by molar-refractivity contribution is 0.585. The molecular formula is C54H43NS2. The van der Waals surface area contributed by atoms with Crippen LogP contribution >= 0.6 is 22.7 Å². The second-order valence-electron chi connectivity index (χ2n) is 17.5. The fraction of sp³-hybridized carbons (Fsp3) is 0.185. The van der Waals surface area contributed by atoms with Crippen molar-refractivity contribution in [1.29, 1.82) is 0 Å². The molecule has 0 radical (unpaired) electrons. The van der Waals surface area contributed by atoms with Gasteiger partial charge in [0.1, 0.15) is 0 Å². The molecular weight excluding hydrogens is 727 g/mol. The Hall–Kier alpha value is -5.48.